The number of aromatic nitrogens is 4. The van der Waals surface area contributed by atoms with E-state index < -0.39 is 5.91 Å². The minimum absolute atomic E-state index is 0.0918. The van der Waals surface area contributed by atoms with Gasteiger partial charge in [-0.25, -0.2) is 0 Å². The first-order valence-electron chi connectivity index (χ1n) is 13.2. The lowest BCUT2D eigenvalue weighted by Gasteiger charge is -2.26. The maximum absolute atomic E-state index is 12.9. The highest BCUT2D eigenvalue weighted by atomic mass is 16.5. The molecule has 41 heavy (non-hydrogen) atoms. The molecule has 10 heteroatoms. The van der Waals surface area contributed by atoms with E-state index in [2.05, 4.69) is 58.9 Å². The number of ether oxygens (including phenoxy) is 1. The van der Waals surface area contributed by atoms with E-state index in [4.69, 9.17) is 9.15 Å². The van der Waals surface area contributed by atoms with Crippen LogP contribution in [0.5, 0.6) is 5.75 Å². The highest BCUT2D eigenvalue weighted by Crippen LogP contribution is 2.32. The Hall–Kier alpha value is -5.12. The first-order valence-corrected chi connectivity index (χ1v) is 13.2. The number of aryl methyl sites for hydroxylation is 2. The standard InChI is InChI=1S/C31H32N6O4/c1-31(2,22-8-6-5-7-9-22)23-10-12-24(13-11-23)40-20-25-14-15-27(41-25)29(38)35-26-18-34-37(4)28(26)30(39)32-16-21-17-33-36(3)19-21/h5-15,17-19H,16,20H2,1-4H3,(H,32,39)(H,35,38). The van der Waals surface area contributed by atoms with Crippen LogP contribution in [-0.4, -0.2) is 31.4 Å². The summed E-state index contributed by atoms with van der Waals surface area (Å²) in [5.41, 5.74) is 3.61. The van der Waals surface area contributed by atoms with Crippen molar-refractivity contribution in [2.75, 3.05) is 5.32 Å². The third-order valence-corrected chi connectivity index (χ3v) is 6.95. The molecule has 0 atom stereocenters. The Morgan fingerprint density at radius 3 is 2.34 bits per heavy atom. The van der Waals surface area contributed by atoms with Crippen molar-refractivity contribution in [3.05, 3.63) is 119 Å². The van der Waals surface area contributed by atoms with Gasteiger partial charge < -0.3 is 19.8 Å². The predicted molar refractivity (Wildman–Crippen MR) is 154 cm³/mol. The normalized spacial score (nSPS) is 11.3. The number of rotatable bonds is 10. The van der Waals surface area contributed by atoms with Gasteiger partial charge in [0.25, 0.3) is 11.8 Å². The zero-order valence-corrected chi connectivity index (χ0v) is 23.4. The fourth-order valence-electron chi connectivity index (χ4n) is 4.53. The molecule has 0 bridgehead atoms. The maximum atomic E-state index is 12.9. The second-order valence-corrected chi connectivity index (χ2v) is 10.3. The second kappa shape index (κ2) is 11.5. The number of nitrogens with zero attached hydrogens (tertiary/aromatic N) is 4. The molecule has 0 saturated carbocycles. The van der Waals surface area contributed by atoms with Gasteiger partial charge in [-0.15, -0.1) is 0 Å². The molecule has 0 radical (unpaired) electrons. The van der Waals surface area contributed by atoms with Gasteiger partial charge in [-0.3, -0.25) is 19.0 Å². The summed E-state index contributed by atoms with van der Waals surface area (Å²) in [4.78, 5) is 25.7. The van der Waals surface area contributed by atoms with Gasteiger partial charge >= 0.3 is 0 Å². The van der Waals surface area contributed by atoms with Crippen LogP contribution in [0.2, 0.25) is 0 Å². The van der Waals surface area contributed by atoms with Gasteiger partial charge in [0, 0.05) is 37.8 Å². The molecule has 0 spiro atoms. The first-order chi connectivity index (χ1) is 19.7. The number of anilines is 1. The summed E-state index contributed by atoms with van der Waals surface area (Å²) in [6.07, 6.45) is 4.91. The van der Waals surface area contributed by atoms with Crippen molar-refractivity contribution in [1.82, 2.24) is 24.9 Å². The summed E-state index contributed by atoms with van der Waals surface area (Å²) >= 11 is 0. The number of hydrogen-bond acceptors (Lipinski definition) is 6. The summed E-state index contributed by atoms with van der Waals surface area (Å²) in [5, 5.41) is 13.8. The number of carbonyl (C=O) groups is 2. The van der Waals surface area contributed by atoms with E-state index in [1.165, 1.54) is 22.0 Å². The van der Waals surface area contributed by atoms with E-state index in [9.17, 15) is 9.59 Å². The van der Waals surface area contributed by atoms with Crippen molar-refractivity contribution in [3.8, 4) is 5.75 Å². The van der Waals surface area contributed by atoms with Gasteiger partial charge in [-0.1, -0.05) is 56.3 Å². The molecule has 0 aliphatic rings. The summed E-state index contributed by atoms with van der Waals surface area (Å²) in [5.74, 6) is 0.393. The van der Waals surface area contributed by atoms with Crippen LogP contribution in [0.15, 0.2) is 89.7 Å². The molecule has 3 heterocycles. The lowest BCUT2D eigenvalue weighted by molar-refractivity contribution is 0.0942. The SMILES string of the molecule is Cn1cc(CNC(=O)c2c(NC(=O)c3ccc(COc4ccc(C(C)(C)c5ccccc5)cc4)o3)cnn2C)cn1. The van der Waals surface area contributed by atoms with Crippen LogP contribution < -0.4 is 15.4 Å². The van der Waals surface area contributed by atoms with E-state index in [-0.39, 0.29) is 35.1 Å². The Morgan fingerprint density at radius 2 is 1.63 bits per heavy atom. The Bertz CT molecular complexity index is 1650. The van der Waals surface area contributed by atoms with Crippen molar-refractivity contribution in [2.45, 2.75) is 32.4 Å². The second-order valence-electron chi connectivity index (χ2n) is 10.3. The molecule has 10 nitrogen and oxygen atoms in total. The molecule has 5 rings (SSSR count). The Labute approximate surface area is 237 Å². The number of nitrogens with one attached hydrogen (secondary N) is 2. The first kappa shape index (κ1) is 27.4. The Morgan fingerprint density at radius 1 is 0.902 bits per heavy atom. The van der Waals surface area contributed by atoms with E-state index in [1.54, 1.807) is 37.1 Å². The van der Waals surface area contributed by atoms with Gasteiger partial charge in [0.1, 0.15) is 23.8 Å². The van der Waals surface area contributed by atoms with Crippen LogP contribution in [-0.2, 0) is 32.7 Å². The number of carbonyl (C=O) groups excluding carboxylic acids is 2. The van der Waals surface area contributed by atoms with Gasteiger partial charge in [0.15, 0.2) is 5.76 Å². The summed E-state index contributed by atoms with van der Waals surface area (Å²) in [7, 11) is 3.43. The smallest absolute Gasteiger partial charge is 0.291 e. The maximum Gasteiger partial charge on any atom is 0.291 e. The van der Waals surface area contributed by atoms with Crippen molar-refractivity contribution in [2.24, 2.45) is 14.1 Å². The zero-order chi connectivity index (χ0) is 29.0. The van der Waals surface area contributed by atoms with Crippen LogP contribution in [0, 0.1) is 0 Å². The van der Waals surface area contributed by atoms with Crippen molar-refractivity contribution in [3.63, 3.8) is 0 Å². The number of hydrogen-bond donors (Lipinski definition) is 2. The third kappa shape index (κ3) is 6.22. The highest BCUT2D eigenvalue weighted by molar-refractivity contribution is 6.07. The molecule has 2 aromatic carbocycles. The van der Waals surface area contributed by atoms with E-state index in [0.717, 1.165) is 5.56 Å². The van der Waals surface area contributed by atoms with Crippen LogP contribution in [0.4, 0.5) is 5.69 Å². The Kier molecular flexibility index (Phi) is 7.73. The molecule has 2 N–H and O–H groups in total. The Balaban J connectivity index is 1.17. The summed E-state index contributed by atoms with van der Waals surface area (Å²) < 4.78 is 14.7. The van der Waals surface area contributed by atoms with Crippen molar-refractivity contribution < 1.29 is 18.7 Å². The van der Waals surface area contributed by atoms with Crippen LogP contribution in [0.1, 0.15) is 57.3 Å². The summed E-state index contributed by atoms with van der Waals surface area (Å²) in [6, 6.07) is 21.6. The fraction of sp³-hybridized carbons (Fsp3) is 0.226. The summed E-state index contributed by atoms with van der Waals surface area (Å²) in [6.45, 7) is 4.83. The van der Waals surface area contributed by atoms with Crippen LogP contribution >= 0.6 is 0 Å². The quantitative estimate of drug-likeness (QED) is 0.256. The molecular formula is C31H32N6O4. The minimum atomic E-state index is -0.502. The van der Waals surface area contributed by atoms with E-state index in [0.29, 0.717) is 18.1 Å². The molecule has 0 aliphatic heterocycles. The predicted octanol–water partition coefficient (Wildman–Crippen LogP) is 4.83. The van der Waals surface area contributed by atoms with Gasteiger partial charge in [0.05, 0.1) is 18.1 Å². The van der Waals surface area contributed by atoms with E-state index >= 15 is 0 Å². The molecule has 210 valence electrons. The molecule has 2 amide bonds. The highest BCUT2D eigenvalue weighted by Gasteiger charge is 2.23. The average Bonchev–Trinajstić information content (AvgIpc) is 3.71. The minimum Gasteiger partial charge on any atom is -0.486 e. The van der Waals surface area contributed by atoms with Crippen LogP contribution in [0.25, 0.3) is 0 Å². The topological polar surface area (TPSA) is 116 Å². The third-order valence-electron chi connectivity index (χ3n) is 6.95. The fourth-order valence-corrected chi connectivity index (χ4v) is 4.53. The molecular weight excluding hydrogens is 520 g/mol. The molecule has 0 unspecified atom stereocenters. The van der Waals surface area contributed by atoms with Gasteiger partial charge in [-0.2, -0.15) is 10.2 Å². The lowest BCUT2D eigenvalue weighted by atomic mass is 9.78. The average molecular weight is 553 g/mol. The van der Waals surface area contributed by atoms with Gasteiger partial charge in [-0.05, 0) is 35.4 Å². The molecule has 3 aromatic heterocycles. The lowest BCUT2D eigenvalue weighted by Crippen LogP contribution is -2.26. The number of furan rings is 1. The van der Waals surface area contributed by atoms with Crippen molar-refractivity contribution in [1.29, 1.82) is 0 Å². The monoisotopic (exact) mass is 552 g/mol. The largest absolute Gasteiger partial charge is 0.486 e. The van der Waals surface area contributed by atoms with E-state index in [1.807, 2.05) is 36.5 Å². The molecule has 5 aromatic rings. The molecule has 0 saturated heterocycles. The van der Waals surface area contributed by atoms with Crippen molar-refractivity contribution >= 4 is 17.5 Å². The molecule has 0 fully saturated rings. The number of benzene rings is 2. The zero-order valence-electron chi connectivity index (χ0n) is 23.4. The van der Waals surface area contributed by atoms with Crippen LogP contribution in [0.3, 0.4) is 0 Å². The number of amides is 2. The molecule has 0 aliphatic carbocycles. The van der Waals surface area contributed by atoms with Gasteiger partial charge in [0.2, 0.25) is 0 Å².